The summed E-state index contributed by atoms with van der Waals surface area (Å²) >= 11 is 5.39. The number of Topliss-reactive ketones (excluding diaryl/α,β-unsaturated/α-hetero) is 1. The molecule has 7 N–H and O–H groups in total. The van der Waals surface area contributed by atoms with Gasteiger partial charge in [-0.3, -0.25) is 19.4 Å². The molecule has 19 nitrogen and oxygen atoms in total. The predicted octanol–water partition coefficient (Wildman–Crippen LogP) is 9.80. The average molecular weight is 1380 g/mol. The normalized spacial score (nSPS) is 18.7. The molecule has 8 aromatic rings. The molecular formula is C73H101BN14NaO5S3. The third kappa shape index (κ3) is 22.4. The molecule has 3 aliphatic heterocycles. The fourth-order valence-corrected chi connectivity index (χ4v) is 15.4. The number of benzene rings is 3. The van der Waals surface area contributed by atoms with Crippen molar-refractivity contribution in [1.29, 1.82) is 0 Å². The Kier molecular flexibility index (Phi) is 30.8. The predicted molar refractivity (Wildman–Crippen MR) is 399 cm³/mol. The molecule has 2 saturated heterocycles. The first kappa shape index (κ1) is 79.9. The molecule has 2 fully saturated rings. The van der Waals surface area contributed by atoms with E-state index in [9.17, 15) is 19.2 Å². The molecule has 5 aromatic heterocycles. The molecule has 0 aliphatic carbocycles. The van der Waals surface area contributed by atoms with Gasteiger partial charge in [-0.25, -0.2) is 29.7 Å². The molecule has 3 aromatic carbocycles. The van der Waals surface area contributed by atoms with Gasteiger partial charge in [-0.1, -0.05) is 79.7 Å². The number of fused-ring (bicyclic) bond motifs is 3. The number of aryl methyl sites for hydroxylation is 2. The standard InChI is InChI=1S/C27H36N6O2S.C18H27N3S.C18H25N3S.C10H12N2O3.B.Na.H/c1-6-18-11-20(13-29-24(18)28)30-25(34)27(35)33-14-16(2)7-9-22(33)19-8-10-23-21(12-19)31-26(36-23)17(3)15-32(4)5;2*1-12-5-7-15(19-10-12)14-6-8-17-16(9-14)20-18(22-17)13(2)11-21(3)4;1-2-7-3-6(5-12-9(7)11)4-8(13)10(14)15;;;/h8,10-13,16-17,22H,6-7,9,14-15H2,1-5H3,(H2,28,29)(H,30,34);6,8-9,12-13,15,19H,5,7,10-11H2,1-4H3;6,8-9,12-13H,5,7,10-11H2,1-4H3;3,5H,2,4H2,1H3,(H2,11,12)(H,14,15);;;/q;;;;;+1;-1/t16-,17?,22+;12-,13?,15+;12-,13?;;;;/m000..../s1. The zero-order valence-corrected chi connectivity index (χ0v) is 64.2. The maximum atomic E-state index is 13.4. The zero-order valence-electron chi connectivity index (χ0n) is 60.7. The van der Waals surface area contributed by atoms with Crippen LogP contribution in [0.25, 0.3) is 30.6 Å². The van der Waals surface area contributed by atoms with E-state index in [0.717, 1.165) is 101 Å². The number of thiazole rings is 3. The quantitative estimate of drug-likeness (QED) is 0.0396. The van der Waals surface area contributed by atoms with Crippen LogP contribution in [0.3, 0.4) is 0 Å². The van der Waals surface area contributed by atoms with Crippen LogP contribution in [0.5, 0.6) is 0 Å². The van der Waals surface area contributed by atoms with Gasteiger partial charge in [0, 0.05) is 83.3 Å². The van der Waals surface area contributed by atoms with Crippen molar-refractivity contribution < 1.29 is 55.3 Å². The molecule has 3 radical (unpaired) electrons. The Hall–Kier alpha value is -6.12. The Morgan fingerprint density at radius 1 is 0.660 bits per heavy atom. The van der Waals surface area contributed by atoms with Crippen LogP contribution < -0.4 is 51.7 Å². The second kappa shape index (κ2) is 37.4. The molecule has 11 rings (SSSR count). The first-order chi connectivity index (χ1) is 45.2. The van der Waals surface area contributed by atoms with E-state index < -0.39 is 23.6 Å². The van der Waals surface area contributed by atoms with Gasteiger partial charge in [0.2, 0.25) is 5.78 Å². The Balaban J connectivity index is 0.000000245. The number of aliphatic imine (C=N–C) groups is 1. The summed E-state index contributed by atoms with van der Waals surface area (Å²) in [5.74, 6) is 0.563. The van der Waals surface area contributed by atoms with Crippen LogP contribution >= 0.6 is 34.0 Å². The number of carboxylic acids is 1. The zero-order chi connectivity index (χ0) is 68.8. The fourth-order valence-electron chi connectivity index (χ4n) is 12.4. The number of aromatic nitrogens is 5. The molecule has 97 heavy (non-hydrogen) atoms. The number of pyridine rings is 2. The third-order valence-electron chi connectivity index (χ3n) is 17.6. The molecule has 2 amide bonds. The number of nitrogens with one attached hydrogen (secondary N) is 2. The van der Waals surface area contributed by atoms with Gasteiger partial charge in [-0.15, -0.1) is 34.0 Å². The molecule has 515 valence electrons. The molecule has 3 unspecified atom stereocenters. The number of piperidine rings is 2. The van der Waals surface area contributed by atoms with Gasteiger partial charge in [0.1, 0.15) is 11.6 Å². The molecule has 0 spiro atoms. The second-order valence-corrected chi connectivity index (χ2v) is 30.4. The van der Waals surface area contributed by atoms with E-state index in [4.69, 9.17) is 36.5 Å². The van der Waals surface area contributed by atoms with E-state index in [1.54, 1.807) is 28.4 Å². The number of ketones is 1. The van der Waals surface area contributed by atoms with Crippen LogP contribution in [0.2, 0.25) is 0 Å². The van der Waals surface area contributed by atoms with Gasteiger partial charge in [0.25, 0.3) is 0 Å². The van der Waals surface area contributed by atoms with Crippen molar-refractivity contribution in [2.24, 2.45) is 22.7 Å². The van der Waals surface area contributed by atoms with Gasteiger partial charge in [0.05, 0.1) is 63.6 Å². The summed E-state index contributed by atoms with van der Waals surface area (Å²) in [6.07, 6.45) is 10.9. The fraction of sp³-hybridized carbons (Fsp3) is 0.507. The smallest absolute Gasteiger partial charge is 1.00 e. The maximum absolute atomic E-state index is 13.4. The van der Waals surface area contributed by atoms with Crippen LogP contribution in [0.15, 0.2) is 84.1 Å². The number of aliphatic carboxylic acids is 1. The minimum Gasteiger partial charge on any atom is -1.00 e. The minimum absolute atomic E-state index is 0. The van der Waals surface area contributed by atoms with Crippen LogP contribution in [0, 0.1) is 17.8 Å². The van der Waals surface area contributed by atoms with E-state index >= 15 is 0 Å². The monoisotopic (exact) mass is 1380 g/mol. The van der Waals surface area contributed by atoms with Crippen molar-refractivity contribution in [2.45, 2.75) is 143 Å². The number of nitrogens with zero attached hydrogens (tertiary/aromatic N) is 10. The van der Waals surface area contributed by atoms with Crippen LogP contribution in [0.1, 0.15) is 174 Å². The van der Waals surface area contributed by atoms with Crippen molar-refractivity contribution >= 4 is 120 Å². The van der Waals surface area contributed by atoms with Crippen molar-refractivity contribution in [3.63, 3.8) is 0 Å². The van der Waals surface area contributed by atoms with E-state index in [-0.39, 0.29) is 51.9 Å². The number of hydrogen-bond donors (Lipinski definition) is 5. The Morgan fingerprint density at radius 2 is 1.16 bits per heavy atom. The number of carboxylic acid groups (broad SMARTS) is 1. The number of carbonyl (C=O) groups excluding carboxylic acids is 3. The number of nitrogens with two attached hydrogens (primary N) is 2. The van der Waals surface area contributed by atoms with Crippen LogP contribution in [0.4, 0.5) is 17.3 Å². The number of amides is 2. The Morgan fingerprint density at radius 3 is 1.67 bits per heavy atom. The molecule has 0 saturated carbocycles. The van der Waals surface area contributed by atoms with Gasteiger partial charge >= 0.3 is 47.3 Å². The summed E-state index contributed by atoms with van der Waals surface area (Å²) in [6.45, 7) is 23.0. The first-order valence-electron chi connectivity index (χ1n) is 33.5. The van der Waals surface area contributed by atoms with Gasteiger partial charge in [0.15, 0.2) is 0 Å². The van der Waals surface area contributed by atoms with Crippen molar-refractivity contribution in [1.82, 2.24) is 49.8 Å². The first-order valence-corrected chi connectivity index (χ1v) is 36.0. The summed E-state index contributed by atoms with van der Waals surface area (Å²) in [6, 6.07) is 23.6. The van der Waals surface area contributed by atoms with Gasteiger partial charge in [-0.2, -0.15) is 0 Å². The number of nitrogen functional groups attached to an aromatic ring is 2. The minimum atomic E-state index is -1.43. The van der Waals surface area contributed by atoms with Crippen molar-refractivity contribution in [3.8, 4) is 0 Å². The van der Waals surface area contributed by atoms with E-state index in [1.807, 2.05) is 36.5 Å². The molecular weight excluding hydrogens is 1280 g/mol. The van der Waals surface area contributed by atoms with Crippen LogP contribution in [-0.2, 0) is 38.4 Å². The van der Waals surface area contributed by atoms with Crippen molar-refractivity contribution in [3.05, 3.63) is 128 Å². The van der Waals surface area contributed by atoms with Gasteiger partial charge in [-0.05, 0) is 194 Å². The van der Waals surface area contributed by atoms with Crippen molar-refractivity contribution in [2.75, 3.05) is 98.3 Å². The number of carbonyl (C=O) groups is 4. The Labute approximate surface area is 611 Å². The molecule has 0 bridgehead atoms. The Bertz CT molecular complexity index is 3970. The molecule has 3 aliphatic rings. The largest absolute Gasteiger partial charge is 1.00 e. The second-order valence-electron chi connectivity index (χ2n) is 27.2. The summed E-state index contributed by atoms with van der Waals surface area (Å²) < 4.78 is 3.74. The topological polar surface area (TPSA) is 254 Å². The van der Waals surface area contributed by atoms with E-state index in [1.165, 1.54) is 73.4 Å². The summed E-state index contributed by atoms with van der Waals surface area (Å²) in [5.41, 5.74) is 22.4. The summed E-state index contributed by atoms with van der Waals surface area (Å²) in [5, 5.41) is 18.4. The summed E-state index contributed by atoms with van der Waals surface area (Å²) in [4.78, 5) is 83.4. The summed E-state index contributed by atoms with van der Waals surface area (Å²) in [7, 11) is 12.6. The number of likely N-dealkylation sites (tertiary alicyclic amines) is 1. The number of rotatable bonds is 18. The molecule has 8 heterocycles. The SMILES string of the molecule is CC(CN(C)C)c1nc2cc(C3=NC[C@@H](C)CC3)ccc2s1.CC(CN(C)C)c1nc2cc([C@H]3CC[C@H](C)CN3)ccc2s1.CCc1cc(CC(=O)C(=O)O)cnc1N.CCc1cc(NC(=O)C(=O)N2C[C@@H](C)CC[C@@H]2c2ccc3sc(C(C)CN(C)C)nc3c2)cnc1N.[B].[H-].[Na+]. The number of hydrogen-bond acceptors (Lipinski definition) is 19. The average Bonchev–Trinajstić information content (AvgIpc) is 1.50. The van der Waals surface area contributed by atoms with E-state index in [0.29, 0.717) is 72.0 Å². The van der Waals surface area contributed by atoms with Crippen LogP contribution in [-0.4, -0.2) is 169 Å². The number of likely N-dealkylation sites (N-methyl/N-ethyl adjacent to an activating group) is 3. The van der Waals surface area contributed by atoms with Gasteiger partial charge < -0.3 is 48.2 Å². The molecule has 24 heteroatoms. The maximum Gasteiger partial charge on any atom is 1.00 e. The molecule has 8 atom stereocenters. The third-order valence-corrected chi connectivity index (χ3v) is 21.4. The number of anilines is 3. The van der Waals surface area contributed by atoms with E-state index in [2.05, 4.69) is 174 Å².